The third-order valence-corrected chi connectivity index (χ3v) is 3.01. The Labute approximate surface area is 95.8 Å². The number of ether oxygens (including phenoxy) is 1. The molecule has 1 unspecified atom stereocenters. The molecule has 0 radical (unpaired) electrons. The number of amides is 1. The summed E-state index contributed by atoms with van der Waals surface area (Å²) in [4.78, 5) is 11.8. The van der Waals surface area contributed by atoms with E-state index in [9.17, 15) is 4.79 Å². The molecule has 0 spiro atoms. The highest BCUT2D eigenvalue weighted by atomic mass is 16.5. The second kappa shape index (κ2) is 5.12. The summed E-state index contributed by atoms with van der Waals surface area (Å²) < 4.78 is 5.01. The standard InChI is InChI=1S/C13H17NO2/c1-16-8-4-6-11-9-10-5-2-3-7-12(10)14-13(11)15/h2-3,5,7,11H,4,6,8-9H2,1H3,(H,14,15). The molecule has 3 nitrogen and oxygen atoms in total. The van der Waals surface area contributed by atoms with Crippen molar-refractivity contribution < 1.29 is 9.53 Å². The van der Waals surface area contributed by atoms with Gasteiger partial charge in [0.05, 0.1) is 0 Å². The summed E-state index contributed by atoms with van der Waals surface area (Å²) in [5, 5.41) is 2.96. The van der Waals surface area contributed by atoms with Crippen LogP contribution in [0, 0.1) is 5.92 Å². The molecule has 3 heteroatoms. The maximum absolute atomic E-state index is 11.8. The zero-order valence-electron chi connectivity index (χ0n) is 9.53. The Hall–Kier alpha value is -1.35. The number of rotatable bonds is 4. The normalized spacial score (nSPS) is 19.1. The van der Waals surface area contributed by atoms with Gasteiger partial charge in [-0.3, -0.25) is 4.79 Å². The number of methoxy groups -OCH3 is 1. The van der Waals surface area contributed by atoms with Crippen LogP contribution in [0.1, 0.15) is 18.4 Å². The SMILES string of the molecule is COCCCC1Cc2ccccc2NC1=O. The Morgan fingerprint density at radius 1 is 1.44 bits per heavy atom. The van der Waals surface area contributed by atoms with Gasteiger partial charge in [-0.05, 0) is 30.9 Å². The zero-order chi connectivity index (χ0) is 11.4. The average Bonchev–Trinajstić information content (AvgIpc) is 2.30. The van der Waals surface area contributed by atoms with Crippen molar-refractivity contribution in [3.05, 3.63) is 29.8 Å². The number of benzene rings is 1. The fourth-order valence-electron chi connectivity index (χ4n) is 2.12. The minimum Gasteiger partial charge on any atom is -0.385 e. The molecule has 0 bridgehead atoms. The van der Waals surface area contributed by atoms with E-state index in [1.807, 2.05) is 18.2 Å². The Kier molecular flexibility index (Phi) is 3.57. The Bertz CT molecular complexity index is 376. The number of hydrogen-bond acceptors (Lipinski definition) is 2. The van der Waals surface area contributed by atoms with Crippen molar-refractivity contribution in [1.82, 2.24) is 0 Å². The topological polar surface area (TPSA) is 38.3 Å². The zero-order valence-corrected chi connectivity index (χ0v) is 9.53. The van der Waals surface area contributed by atoms with E-state index in [1.165, 1.54) is 5.56 Å². The lowest BCUT2D eigenvalue weighted by Crippen LogP contribution is -2.30. The predicted octanol–water partition coefficient (Wildman–Crippen LogP) is 2.22. The molecule has 1 heterocycles. The molecule has 0 aromatic heterocycles. The summed E-state index contributed by atoms with van der Waals surface area (Å²) in [6.07, 6.45) is 2.69. The molecule has 1 atom stereocenters. The molecule has 2 rings (SSSR count). The molecular formula is C13H17NO2. The maximum Gasteiger partial charge on any atom is 0.227 e. The molecule has 86 valence electrons. The average molecular weight is 219 g/mol. The van der Waals surface area contributed by atoms with E-state index in [2.05, 4.69) is 11.4 Å². The number of carbonyl (C=O) groups is 1. The molecule has 1 aliphatic heterocycles. The van der Waals surface area contributed by atoms with Crippen LogP contribution in [0.3, 0.4) is 0 Å². The summed E-state index contributed by atoms with van der Waals surface area (Å²) in [6, 6.07) is 8.00. The second-order valence-corrected chi connectivity index (χ2v) is 4.18. The fraction of sp³-hybridized carbons (Fsp3) is 0.462. The van der Waals surface area contributed by atoms with E-state index in [0.29, 0.717) is 0 Å². The van der Waals surface area contributed by atoms with Crippen molar-refractivity contribution >= 4 is 11.6 Å². The molecule has 0 fully saturated rings. The lowest BCUT2D eigenvalue weighted by molar-refractivity contribution is -0.120. The third-order valence-electron chi connectivity index (χ3n) is 3.01. The van der Waals surface area contributed by atoms with Gasteiger partial charge < -0.3 is 10.1 Å². The van der Waals surface area contributed by atoms with Crippen molar-refractivity contribution in [2.75, 3.05) is 19.0 Å². The first-order valence-corrected chi connectivity index (χ1v) is 5.69. The first kappa shape index (κ1) is 11.1. The number of para-hydroxylation sites is 1. The van der Waals surface area contributed by atoms with Crippen LogP contribution in [0.25, 0.3) is 0 Å². The van der Waals surface area contributed by atoms with Crippen LogP contribution in [-0.2, 0) is 16.0 Å². The largest absolute Gasteiger partial charge is 0.385 e. The molecule has 1 aromatic rings. The van der Waals surface area contributed by atoms with Gasteiger partial charge in [0.15, 0.2) is 0 Å². The summed E-state index contributed by atoms with van der Waals surface area (Å²) in [5.41, 5.74) is 2.21. The molecule has 0 saturated carbocycles. The van der Waals surface area contributed by atoms with Crippen LogP contribution in [0.2, 0.25) is 0 Å². The van der Waals surface area contributed by atoms with Crippen molar-refractivity contribution in [1.29, 1.82) is 0 Å². The van der Waals surface area contributed by atoms with Gasteiger partial charge in [0.25, 0.3) is 0 Å². The molecular weight excluding hydrogens is 202 g/mol. The van der Waals surface area contributed by atoms with Gasteiger partial charge in [-0.15, -0.1) is 0 Å². The Morgan fingerprint density at radius 2 is 2.25 bits per heavy atom. The summed E-state index contributed by atoms with van der Waals surface area (Å²) in [6.45, 7) is 0.728. The number of anilines is 1. The number of hydrogen-bond donors (Lipinski definition) is 1. The molecule has 1 aromatic carbocycles. The van der Waals surface area contributed by atoms with Crippen LogP contribution >= 0.6 is 0 Å². The van der Waals surface area contributed by atoms with E-state index in [1.54, 1.807) is 7.11 Å². The minimum absolute atomic E-state index is 0.102. The highest BCUT2D eigenvalue weighted by molar-refractivity contribution is 5.95. The van der Waals surface area contributed by atoms with E-state index in [-0.39, 0.29) is 11.8 Å². The van der Waals surface area contributed by atoms with Crippen molar-refractivity contribution in [3.63, 3.8) is 0 Å². The molecule has 1 amide bonds. The Morgan fingerprint density at radius 3 is 3.06 bits per heavy atom. The van der Waals surface area contributed by atoms with Gasteiger partial charge in [-0.25, -0.2) is 0 Å². The second-order valence-electron chi connectivity index (χ2n) is 4.18. The monoisotopic (exact) mass is 219 g/mol. The predicted molar refractivity (Wildman–Crippen MR) is 63.4 cm³/mol. The van der Waals surface area contributed by atoms with Gasteiger partial charge in [0, 0.05) is 25.3 Å². The van der Waals surface area contributed by atoms with Gasteiger partial charge >= 0.3 is 0 Å². The van der Waals surface area contributed by atoms with Crippen LogP contribution in [0.5, 0.6) is 0 Å². The van der Waals surface area contributed by atoms with Gasteiger partial charge in [-0.1, -0.05) is 18.2 Å². The molecule has 0 aliphatic carbocycles. The van der Waals surface area contributed by atoms with Crippen molar-refractivity contribution in [3.8, 4) is 0 Å². The first-order chi connectivity index (χ1) is 7.81. The van der Waals surface area contributed by atoms with E-state index < -0.39 is 0 Å². The summed E-state index contributed by atoms with van der Waals surface area (Å²) in [7, 11) is 1.69. The highest BCUT2D eigenvalue weighted by Gasteiger charge is 2.24. The number of nitrogens with one attached hydrogen (secondary N) is 1. The maximum atomic E-state index is 11.8. The number of carbonyl (C=O) groups excluding carboxylic acids is 1. The molecule has 16 heavy (non-hydrogen) atoms. The highest BCUT2D eigenvalue weighted by Crippen LogP contribution is 2.27. The van der Waals surface area contributed by atoms with Gasteiger partial charge in [-0.2, -0.15) is 0 Å². The molecule has 1 N–H and O–H groups in total. The van der Waals surface area contributed by atoms with Gasteiger partial charge in [0.1, 0.15) is 0 Å². The van der Waals surface area contributed by atoms with Crippen LogP contribution < -0.4 is 5.32 Å². The third kappa shape index (κ3) is 2.42. The number of fused-ring (bicyclic) bond motifs is 1. The molecule has 1 aliphatic rings. The van der Waals surface area contributed by atoms with Crippen LogP contribution in [-0.4, -0.2) is 19.6 Å². The quantitative estimate of drug-likeness (QED) is 0.788. The fourth-order valence-corrected chi connectivity index (χ4v) is 2.12. The van der Waals surface area contributed by atoms with E-state index >= 15 is 0 Å². The van der Waals surface area contributed by atoms with Crippen LogP contribution in [0.15, 0.2) is 24.3 Å². The van der Waals surface area contributed by atoms with Crippen molar-refractivity contribution in [2.45, 2.75) is 19.3 Å². The minimum atomic E-state index is 0.102. The van der Waals surface area contributed by atoms with Crippen molar-refractivity contribution in [2.24, 2.45) is 5.92 Å². The first-order valence-electron chi connectivity index (χ1n) is 5.69. The van der Waals surface area contributed by atoms with Gasteiger partial charge in [0.2, 0.25) is 5.91 Å². The van der Waals surface area contributed by atoms with Crippen LogP contribution in [0.4, 0.5) is 5.69 Å². The summed E-state index contributed by atoms with van der Waals surface area (Å²) in [5.74, 6) is 0.250. The van der Waals surface area contributed by atoms with E-state index in [0.717, 1.165) is 31.6 Å². The lowest BCUT2D eigenvalue weighted by Gasteiger charge is -2.24. The van der Waals surface area contributed by atoms with E-state index in [4.69, 9.17) is 4.74 Å². The summed E-state index contributed by atoms with van der Waals surface area (Å²) >= 11 is 0. The smallest absolute Gasteiger partial charge is 0.227 e. The Balaban J connectivity index is 2.01. The molecule has 0 saturated heterocycles. The lowest BCUT2D eigenvalue weighted by atomic mass is 9.90.